The number of hydrogen-bond acceptors (Lipinski definition) is 4. The molecule has 0 bridgehead atoms. The molecule has 1 aliphatic heterocycles. The number of carbonyl (C=O) groups is 2. The Labute approximate surface area is 238 Å². The Morgan fingerprint density at radius 3 is 2.51 bits per heavy atom. The van der Waals surface area contributed by atoms with Crippen molar-refractivity contribution in [3.8, 4) is 16.9 Å². The fraction of sp³-hybridized carbons (Fsp3) is 0.258. The Morgan fingerprint density at radius 1 is 1.08 bits per heavy atom. The van der Waals surface area contributed by atoms with E-state index in [1.165, 1.54) is 11.8 Å². The highest BCUT2D eigenvalue weighted by Crippen LogP contribution is 2.48. The van der Waals surface area contributed by atoms with Gasteiger partial charge in [-0.25, -0.2) is 4.68 Å². The van der Waals surface area contributed by atoms with Crippen molar-refractivity contribution in [2.24, 2.45) is 5.92 Å². The van der Waals surface area contributed by atoms with E-state index in [0.29, 0.717) is 23.3 Å². The topological polar surface area (TPSA) is 67.2 Å². The van der Waals surface area contributed by atoms with Crippen molar-refractivity contribution in [1.82, 2.24) is 15.1 Å². The molecule has 3 aromatic carbocycles. The van der Waals surface area contributed by atoms with Gasteiger partial charge in [-0.2, -0.15) is 5.10 Å². The lowest BCUT2D eigenvalue weighted by Crippen LogP contribution is -2.43. The second-order valence-corrected chi connectivity index (χ2v) is 11.7. The molecule has 1 aliphatic rings. The molecule has 5 rings (SSSR count). The first-order chi connectivity index (χ1) is 18.8. The molecule has 2 heterocycles. The van der Waals surface area contributed by atoms with E-state index in [4.69, 9.17) is 16.7 Å². The first-order valence-electron chi connectivity index (χ1n) is 13.0. The highest BCUT2D eigenvalue weighted by molar-refractivity contribution is 8.00. The zero-order chi connectivity index (χ0) is 27.5. The number of benzene rings is 3. The molecule has 0 fully saturated rings. The molecule has 0 saturated heterocycles. The molecule has 1 N–H and O–H groups in total. The lowest BCUT2D eigenvalue weighted by Gasteiger charge is -2.23. The molecular formula is C31H31ClN4O2S. The Hall–Kier alpha value is -3.55. The number of anilines is 1. The Morgan fingerprint density at radius 2 is 1.82 bits per heavy atom. The lowest BCUT2D eigenvalue weighted by atomic mass is 9.99. The van der Waals surface area contributed by atoms with Crippen molar-refractivity contribution in [2.75, 3.05) is 23.7 Å². The Kier molecular flexibility index (Phi) is 8.10. The number of fused-ring (bicyclic) bond motifs is 1. The zero-order valence-electron chi connectivity index (χ0n) is 22.2. The molecule has 1 aromatic heterocycles. The van der Waals surface area contributed by atoms with Gasteiger partial charge < -0.3 is 5.32 Å². The molecule has 0 saturated carbocycles. The number of halogens is 1. The van der Waals surface area contributed by atoms with Crippen LogP contribution in [0.4, 0.5) is 5.82 Å². The van der Waals surface area contributed by atoms with Gasteiger partial charge in [-0.3, -0.25) is 14.5 Å². The Balaban J connectivity index is 1.76. The third-order valence-corrected chi connectivity index (χ3v) is 8.07. The van der Waals surface area contributed by atoms with Gasteiger partial charge in [-0.15, -0.1) is 11.8 Å². The third-order valence-electron chi connectivity index (χ3n) is 6.58. The maximum Gasteiger partial charge on any atom is 0.240 e. The van der Waals surface area contributed by atoms with Crippen LogP contribution in [0.25, 0.3) is 16.9 Å². The molecule has 1 atom stereocenters. The minimum atomic E-state index is -0.222. The van der Waals surface area contributed by atoms with Crippen molar-refractivity contribution >= 4 is 41.0 Å². The van der Waals surface area contributed by atoms with E-state index in [9.17, 15) is 9.59 Å². The SMILES string of the molecule is Cc1ccc(-n2nc(-c3ccccc3)c3c2N(CC(=O)NCC(C)C)C(=O)CSC3c2cccc(Cl)c2)cc1. The summed E-state index contributed by atoms with van der Waals surface area (Å²) in [5.74, 6) is 0.781. The molecule has 0 radical (unpaired) electrons. The predicted octanol–water partition coefficient (Wildman–Crippen LogP) is 6.44. The van der Waals surface area contributed by atoms with Gasteiger partial charge in [0.25, 0.3) is 0 Å². The fourth-order valence-corrected chi connectivity index (χ4v) is 6.03. The monoisotopic (exact) mass is 558 g/mol. The van der Waals surface area contributed by atoms with E-state index in [2.05, 4.69) is 5.32 Å². The van der Waals surface area contributed by atoms with Gasteiger partial charge in [0.1, 0.15) is 12.4 Å². The molecule has 0 aliphatic carbocycles. The largest absolute Gasteiger partial charge is 0.354 e. The van der Waals surface area contributed by atoms with Crippen molar-refractivity contribution in [3.05, 3.63) is 101 Å². The Bertz CT molecular complexity index is 1480. The molecule has 8 heteroatoms. The normalized spacial score (nSPS) is 15.3. The molecule has 2 amide bonds. The van der Waals surface area contributed by atoms with Gasteiger partial charge in [0.2, 0.25) is 11.8 Å². The smallest absolute Gasteiger partial charge is 0.240 e. The number of thioether (sulfide) groups is 1. The van der Waals surface area contributed by atoms with Crippen LogP contribution >= 0.6 is 23.4 Å². The molecule has 4 aromatic rings. The van der Waals surface area contributed by atoms with E-state index in [1.807, 2.05) is 104 Å². The summed E-state index contributed by atoms with van der Waals surface area (Å²) in [5.41, 5.74) is 5.51. The van der Waals surface area contributed by atoms with Crippen molar-refractivity contribution < 1.29 is 9.59 Å². The standard InChI is InChI=1S/C31H31ClN4O2S/c1-20(2)17-33-26(37)18-35-27(38)19-39-30(23-10-7-11-24(32)16-23)28-29(22-8-5-4-6-9-22)34-36(31(28)35)25-14-12-21(3)13-15-25/h4-16,20,30H,17-19H2,1-3H3,(H,33,37). The van der Waals surface area contributed by atoms with Crippen LogP contribution in [0.2, 0.25) is 5.02 Å². The average Bonchev–Trinajstić information content (AvgIpc) is 3.25. The highest BCUT2D eigenvalue weighted by atomic mass is 35.5. The van der Waals surface area contributed by atoms with Gasteiger partial charge in [0, 0.05) is 22.7 Å². The van der Waals surface area contributed by atoms with Gasteiger partial charge >= 0.3 is 0 Å². The number of nitrogens with zero attached hydrogens (tertiary/aromatic N) is 3. The van der Waals surface area contributed by atoms with Crippen LogP contribution in [0.3, 0.4) is 0 Å². The number of hydrogen-bond donors (Lipinski definition) is 1. The maximum absolute atomic E-state index is 13.7. The van der Waals surface area contributed by atoms with Crippen molar-refractivity contribution in [3.63, 3.8) is 0 Å². The van der Waals surface area contributed by atoms with E-state index in [-0.39, 0.29) is 29.4 Å². The van der Waals surface area contributed by atoms with E-state index >= 15 is 0 Å². The zero-order valence-corrected chi connectivity index (χ0v) is 23.8. The second kappa shape index (κ2) is 11.7. The summed E-state index contributed by atoms with van der Waals surface area (Å²) in [6.45, 7) is 6.57. The lowest BCUT2D eigenvalue weighted by molar-refractivity contribution is -0.123. The number of rotatable bonds is 7. The van der Waals surface area contributed by atoms with Gasteiger partial charge in [-0.05, 0) is 42.7 Å². The summed E-state index contributed by atoms with van der Waals surface area (Å²) in [6, 6.07) is 25.7. The van der Waals surface area contributed by atoms with Crippen LogP contribution in [-0.2, 0) is 9.59 Å². The van der Waals surface area contributed by atoms with Crippen LogP contribution in [-0.4, -0.2) is 40.4 Å². The number of carbonyl (C=O) groups excluding carboxylic acids is 2. The summed E-state index contributed by atoms with van der Waals surface area (Å²) in [4.78, 5) is 28.4. The van der Waals surface area contributed by atoms with Crippen LogP contribution in [0.5, 0.6) is 0 Å². The fourth-order valence-electron chi connectivity index (χ4n) is 4.64. The summed E-state index contributed by atoms with van der Waals surface area (Å²) in [6.07, 6.45) is 0. The van der Waals surface area contributed by atoms with Crippen LogP contribution in [0.15, 0.2) is 78.9 Å². The van der Waals surface area contributed by atoms with Crippen LogP contribution in [0.1, 0.15) is 35.8 Å². The number of aromatic nitrogens is 2. The first-order valence-corrected chi connectivity index (χ1v) is 14.4. The van der Waals surface area contributed by atoms with Gasteiger partial charge in [0.05, 0.1) is 22.4 Å². The number of aryl methyl sites for hydroxylation is 1. The van der Waals surface area contributed by atoms with E-state index in [1.54, 1.807) is 4.90 Å². The number of nitrogens with one attached hydrogen (secondary N) is 1. The molecule has 0 spiro atoms. The van der Waals surface area contributed by atoms with E-state index in [0.717, 1.165) is 33.6 Å². The first kappa shape index (κ1) is 27.0. The summed E-state index contributed by atoms with van der Waals surface area (Å²) >= 11 is 7.96. The highest BCUT2D eigenvalue weighted by Gasteiger charge is 2.37. The van der Waals surface area contributed by atoms with Crippen molar-refractivity contribution in [2.45, 2.75) is 26.0 Å². The van der Waals surface area contributed by atoms with Gasteiger partial charge in [0.15, 0.2) is 0 Å². The minimum absolute atomic E-state index is 0.0901. The predicted molar refractivity (Wildman–Crippen MR) is 160 cm³/mol. The van der Waals surface area contributed by atoms with Crippen molar-refractivity contribution in [1.29, 1.82) is 0 Å². The summed E-state index contributed by atoms with van der Waals surface area (Å²) in [7, 11) is 0. The molecular weight excluding hydrogens is 528 g/mol. The van der Waals surface area contributed by atoms with Crippen LogP contribution in [0, 0.1) is 12.8 Å². The summed E-state index contributed by atoms with van der Waals surface area (Å²) < 4.78 is 1.81. The third kappa shape index (κ3) is 5.89. The molecule has 39 heavy (non-hydrogen) atoms. The van der Waals surface area contributed by atoms with Gasteiger partial charge in [-0.1, -0.05) is 85.6 Å². The molecule has 1 unspecified atom stereocenters. The second-order valence-electron chi connectivity index (χ2n) is 10.1. The average molecular weight is 559 g/mol. The minimum Gasteiger partial charge on any atom is -0.354 e. The maximum atomic E-state index is 13.7. The van der Waals surface area contributed by atoms with E-state index < -0.39 is 0 Å². The molecule has 200 valence electrons. The number of amides is 2. The molecule has 6 nitrogen and oxygen atoms in total. The quantitative estimate of drug-likeness (QED) is 0.283. The van der Waals surface area contributed by atoms with Crippen LogP contribution < -0.4 is 10.2 Å². The summed E-state index contributed by atoms with van der Waals surface area (Å²) in [5, 5.41) is 8.49.